The summed E-state index contributed by atoms with van der Waals surface area (Å²) in [6, 6.07) is 15.9. The average Bonchev–Trinajstić information content (AvgIpc) is 3.08. The number of anilines is 2. The Morgan fingerprint density at radius 3 is 2.27 bits per heavy atom. The molecule has 0 unspecified atom stereocenters. The van der Waals surface area contributed by atoms with Crippen LogP contribution in [0.4, 0.5) is 28.9 Å². The lowest BCUT2D eigenvalue weighted by Crippen LogP contribution is -2.48. The zero-order valence-corrected chi connectivity index (χ0v) is 26.6. The Morgan fingerprint density at radius 1 is 0.896 bits per heavy atom. The van der Waals surface area contributed by atoms with Gasteiger partial charge in [-0.05, 0) is 61.2 Å². The van der Waals surface area contributed by atoms with E-state index in [1.165, 1.54) is 40.1 Å². The minimum absolute atomic E-state index is 0.000250. The number of methoxy groups -OCH3 is 1. The molecule has 0 aromatic heterocycles. The molecule has 2 aliphatic rings. The number of amides is 1. The molecular formula is C36H31ClF4N2O5. The van der Waals surface area contributed by atoms with Crippen LogP contribution in [0.1, 0.15) is 30.4 Å². The summed E-state index contributed by atoms with van der Waals surface area (Å²) in [5.74, 6) is -3.68. The summed E-state index contributed by atoms with van der Waals surface area (Å²) in [5, 5.41) is 9.78. The number of hydrogen-bond donors (Lipinski definition) is 1. The Labute approximate surface area is 279 Å². The maximum Gasteiger partial charge on any atom is 0.313 e. The number of piperidine rings is 1. The lowest BCUT2D eigenvalue weighted by atomic mass is 9.79. The number of hydrogen-bond acceptors (Lipinski definition) is 5. The van der Waals surface area contributed by atoms with Gasteiger partial charge in [0.15, 0.2) is 5.82 Å². The van der Waals surface area contributed by atoms with Crippen LogP contribution in [0.3, 0.4) is 0 Å². The Bertz CT molecular complexity index is 1880. The Hall–Kier alpha value is -4.77. The van der Waals surface area contributed by atoms with Crippen molar-refractivity contribution >= 4 is 34.9 Å². The Morgan fingerprint density at radius 2 is 1.60 bits per heavy atom. The summed E-state index contributed by atoms with van der Waals surface area (Å²) in [6.07, 6.45) is 0.321. The van der Waals surface area contributed by atoms with Gasteiger partial charge in [0.25, 0.3) is 0 Å². The van der Waals surface area contributed by atoms with Crippen molar-refractivity contribution in [3.05, 3.63) is 106 Å². The van der Waals surface area contributed by atoms with Crippen LogP contribution < -0.4 is 19.3 Å². The molecule has 48 heavy (non-hydrogen) atoms. The van der Waals surface area contributed by atoms with E-state index < -0.39 is 39.7 Å². The normalized spacial score (nSPS) is 15.7. The van der Waals surface area contributed by atoms with E-state index in [1.54, 1.807) is 31.4 Å². The van der Waals surface area contributed by atoms with E-state index in [0.29, 0.717) is 11.3 Å². The summed E-state index contributed by atoms with van der Waals surface area (Å²) in [5.41, 5.74) is -0.790. The molecular weight excluding hydrogens is 652 g/mol. The van der Waals surface area contributed by atoms with E-state index >= 15 is 13.2 Å². The van der Waals surface area contributed by atoms with E-state index in [4.69, 9.17) is 21.1 Å². The zero-order chi connectivity index (χ0) is 34.2. The first-order valence-electron chi connectivity index (χ1n) is 15.3. The lowest BCUT2D eigenvalue weighted by Gasteiger charge is -2.40. The first kappa shape index (κ1) is 33.1. The molecule has 7 nitrogen and oxygen atoms in total. The number of fused-ring (bicyclic) bond motifs is 1. The number of ether oxygens (including phenoxy) is 2. The van der Waals surface area contributed by atoms with E-state index in [1.807, 2.05) is 0 Å². The number of aliphatic carboxylic acids is 1. The molecule has 2 aliphatic heterocycles. The number of rotatable bonds is 9. The molecule has 0 atom stereocenters. The number of carbonyl (C=O) groups is 2. The van der Waals surface area contributed by atoms with E-state index in [9.17, 15) is 19.1 Å². The number of carboxylic acid groups (broad SMARTS) is 1. The smallest absolute Gasteiger partial charge is 0.313 e. The van der Waals surface area contributed by atoms with Crippen LogP contribution in [-0.2, 0) is 22.6 Å². The summed E-state index contributed by atoms with van der Waals surface area (Å²) >= 11 is 6.30. The van der Waals surface area contributed by atoms with Crippen LogP contribution in [0.15, 0.2) is 66.7 Å². The summed E-state index contributed by atoms with van der Waals surface area (Å²) in [6.45, 7) is -0.142. The molecule has 0 aliphatic carbocycles. The van der Waals surface area contributed by atoms with Gasteiger partial charge in [-0.2, -0.15) is 0 Å². The van der Waals surface area contributed by atoms with Gasteiger partial charge in [0, 0.05) is 36.2 Å². The SMILES string of the molecule is COc1ccc(CN2C(=O)CCc3c(OCC4(C(=O)O)CCN(c5c(F)cc(-c6ccccc6F)c(F)c5Cl)CC4)ccc(F)c32)cc1. The van der Waals surface area contributed by atoms with Crippen molar-refractivity contribution in [2.75, 3.05) is 36.6 Å². The van der Waals surface area contributed by atoms with E-state index in [-0.39, 0.29) is 86.1 Å². The predicted molar refractivity (Wildman–Crippen MR) is 173 cm³/mol. The topological polar surface area (TPSA) is 79.3 Å². The fraction of sp³-hybridized carbons (Fsp3) is 0.278. The summed E-state index contributed by atoms with van der Waals surface area (Å²) < 4.78 is 71.7. The lowest BCUT2D eigenvalue weighted by molar-refractivity contribution is -0.152. The predicted octanol–water partition coefficient (Wildman–Crippen LogP) is 7.80. The number of carbonyl (C=O) groups excluding carboxylic acids is 1. The molecule has 0 radical (unpaired) electrons. The highest BCUT2D eigenvalue weighted by Crippen LogP contribution is 2.43. The molecule has 250 valence electrons. The largest absolute Gasteiger partial charge is 0.497 e. The van der Waals surface area contributed by atoms with Crippen molar-refractivity contribution in [1.29, 1.82) is 0 Å². The molecule has 0 bridgehead atoms. The highest BCUT2D eigenvalue weighted by molar-refractivity contribution is 6.33. The molecule has 0 spiro atoms. The van der Waals surface area contributed by atoms with Gasteiger partial charge in [0.1, 0.15) is 46.0 Å². The maximum absolute atomic E-state index is 15.4. The summed E-state index contributed by atoms with van der Waals surface area (Å²) in [7, 11) is 1.54. The van der Waals surface area contributed by atoms with Crippen molar-refractivity contribution in [2.45, 2.75) is 32.2 Å². The van der Waals surface area contributed by atoms with Gasteiger partial charge >= 0.3 is 5.97 Å². The van der Waals surface area contributed by atoms with Gasteiger partial charge in [0.05, 0.1) is 25.0 Å². The first-order chi connectivity index (χ1) is 23.0. The molecule has 12 heteroatoms. The maximum atomic E-state index is 15.4. The second kappa shape index (κ2) is 13.4. The van der Waals surface area contributed by atoms with Crippen LogP contribution >= 0.6 is 11.6 Å². The fourth-order valence-electron chi connectivity index (χ4n) is 6.38. The van der Waals surface area contributed by atoms with Crippen LogP contribution in [-0.4, -0.2) is 43.8 Å². The van der Waals surface area contributed by atoms with Crippen molar-refractivity contribution in [3.8, 4) is 22.6 Å². The zero-order valence-electron chi connectivity index (χ0n) is 25.9. The number of nitrogens with zero attached hydrogens (tertiary/aromatic N) is 2. The third-order valence-electron chi connectivity index (χ3n) is 9.14. The monoisotopic (exact) mass is 682 g/mol. The molecule has 6 rings (SSSR count). The molecule has 1 saturated heterocycles. The molecule has 1 N–H and O–H groups in total. The quantitative estimate of drug-likeness (QED) is 0.143. The van der Waals surface area contributed by atoms with Gasteiger partial charge in [0.2, 0.25) is 5.91 Å². The summed E-state index contributed by atoms with van der Waals surface area (Å²) in [4.78, 5) is 28.4. The van der Waals surface area contributed by atoms with Crippen molar-refractivity contribution in [3.63, 3.8) is 0 Å². The van der Waals surface area contributed by atoms with Crippen molar-refractivity contribution in [1.82, 2.24) is 0 Å². The van der Waals surface area contributed by atoms with Crippen LogP contribution in [0, 0.1) is 28.7 Å². The number of carboxylic acids is 1. The Balaban J connectivity index is 1.21. The second-order valence-electron chi connectivity index (χ2n) is 11.9. The molecule has 4 aromatic rings. The number of halogens is 5. The second-order valence-corrected chi connectivity index (χ2v) is 12.3. The standard InChI is InChI=1S/C36H31ClF4N2O5/c1-47-22-8-6-21(7-9-22)19-43-30(44)13-10-24-29(12-11-27(39)33(24)43)48-20-36(35(45)46)14-16-42(17-15-36)34-28(40)18-25(32(41)31(34)37)23-4-2-3-5-26(23)38/h2-9,11-12,18H,10,13-17,19-20H2,1H3,(H,45,46). The highest BCUT2D eigenvalue weighted by atomic mass is 35.5. The molecule has 1 fully saturated rings. The van der Waals surface area contributed by atoms with Gasteiger partial charge in [-0.15, -0.1) is 0 Å². The van der Waals surface area contributed by atoms with Gasteiger partial charge in [-0.25, -0.2) is 17.6 Å². The minimum atomic E-state index is -1.40. The van der Waals surface area contributed by atoms with Crippen molar-refractivity contribution < 1.29 is 41.7 Å². The van der Waals surface area contributed by atoms with Crippen LogP contribution in [0.25, 0.3) is 11.1 Å². The molecule has 0 saturated carbocycles. The van der Waals surface area contributed by atoms with Crippen LogP contribution in [0.5, 0.6) is 11.5 Å². The van der Waals surface area contributed by atoms with E-state index in [0.717, 1.165) is 17.7 Å². The molecule has 4 aromatic carbocycles. The van der Waals surface area contributed by atoms with Crippen LogP contribution in [0.2, 0.25) is 5.02 Å². The van der Waals surface area contributed by atoms with Gasteiger partial charge < -0.3 is 24.4 Å². The number of benzene rings is 4. The minimum Gasteiger partial charge on any atom is -0.497 e. The molecule has 2 heterocycles. The third-order valence-corrected chi connectivity index (χ3v) is 9.49. The van der Waals surface area contributed by atoms with E-state index in [2.05, 4.69) is 0 Å². The Kier molecular flexibility index (Phi) is 9.24. The van der Waals surface area contributed by atoms with Gasteiger partial charge in [-0.1, -0.05) is 41.9 Å². The van der Waals surface area contributed by atoms with Gasteiger partial charge in [-0.3, -0.25) is 9.59 Å². The fourth-order valence-corrected chi connectivity index (χ4v) is 6.69. The average molecular weight is 683 g/mol. The molecule has 1 amide bonds. The third kappa shape index (κ3) is 6.14. The van der Waals surface area contributed by atoms with Crippen molar-refractivity contribution in [2.24, 2.45) is 5.41 Å². The highest BCUT2D eigenvalue weighted by Gasteiger charge is 2.44. The first-order valence-corrected chi connectivity index (χ1v) is 15.7.